The van der Waals surface area contributed by atoms with E-state index in [9.17, 15) is 4.79 Å². The molecule has 0 aliphatic heterocycles. The highest BCUT2D eigenvalue weighted by molar-refractivity contribution is 6.30. The van der Waals surface area contributed by atoms with E-state index in [1.54, 1.807) is 0 Å². The van der Waals surface area contributed by atoms with Crippen LogP contribution in [0.1, 0.15) is 15.9 Å². The first kappa shape index (κ1) is 12.4. The fourth-order valence-corrected chi connectivity index (χ4v) is 1.54. The van der Waals surface area contributed by atoms with Gasteiger partial charge in [0.25, 0.3) is 0 Å². The number of carboxylic acids is 1. The number of pyridine rings is 1. The van der Waals surface area contributed by atoms with E-state index in [-0.39, 0.29) is 16.5 Å². The second-order valence-electron chi connectivity index (χ2n) is 3.59. The summed E-state index contributed by atoms with van der Waals surface area (Å²) in [5.41, 5.74) is 1.01. The van der Waals surface area contributed by atoms with Crippen LogP contribution in [0.2, 0.25) is 5.15 Å². The lowest BCUT2D eigenvalue weighted by molar-refractivity contribution is 0.0696. The molecule has 0 radical (unpaired) electrons. The summed E-state index contributed by atoms with van der Waals surface area (Å²) in [6.45, 7) is 0.311. The molecule has 1 aromatic heterocycles. The van der Waals surface area contributed by atoms with Gasteiger partial charge >= 0.3 is 5.97 Å². The van der Waals surface area contributed by atoms with Gasteiger partial charge in [0.1, 0.15) is 6.61 Å². The van der Waals surface area contributed by atoms with E-state index >= 15 is 0 Å². The normalized spacial score (nSPS) is 10.1. The topological polar surface area (TPSA) is 59.4 Å². The van der Waals surface area contributed by atoms with E-state index in [1.807, 2.05) is 30.3 Å². The number of aromatic carboxylic acids is 1. The first-order chi connectivity index (χ1) is 8.66. The van der Waals surface area contributed by atoms with Crippen LogP contribution in [0.25, 0.3) is 0 Å². The zero-order valence-corrected chi connectivity index (χ0v) is 10.1. The van der Waals surface area contributed by atoms with Gasteiger partial charge in [0.05, 0.1) is 5.56 Å². The molecule has 1 aromatic carbocycles. The quantitative estimate of drug-likeness (QED) is 0.862. The SMILES string of the molecule is O=C(O)c1cnc(Cl)c(OCc2ccccc2)c1. The number of ether oxygens (including phenoxy) is 1. The molecule has 0 amide bonds. The number of halogens is 1. The molecule has 92 valence electrons. The number of nitrogens with zero attached hydrogens (tertiary/aromatic N) is 1. The van der Waals surface area contributed by atoms with Crippen molar-refractivity contribution in [2.45, 2.75) is 6.61 Å². The minimum atomic E-state index is -1.07. The zero-order valence-electron chi connectivity index (χ0n) is 9.34. The van der Waals surface area contributed by atoms with Crippen molar-refractivity contribution in [3.05, 3.63) is 58.9 Å². The monoisotopic (exact) mass is 263 g/mol. The van der Waals surface area contributed by atoms with Gasteiger partial charge in [-0.2, -0.15) is 0 Å². The highest BCUT2D eigenvalue weighted by Crippen LogP contribution is 2.23. The molecule has 0 fully saturated rings. The Morgan fingerprint density at radius 1 is 1.33 bits per heavy atom. The average molecular weight is 264 g/mol. The molecule has 2 aromatic rings. The minimum Gasteiger partial charge on any atom is -0.486 e. The van der Waals surface area contributed by atoms with Crippen molar-refractivity contribution in [2.75, 3.05) is 0 Å². The second kappa shape index (κ2) is 5.51. The van der Waals surface area contributed by atoms with Crippen LogP contribution in [-0.4, -0.2) is 16.1 Å². The third-order valence-corrected chi connectivity index (χ3v) is 2.57. The molecule has 0 saturated heterocycles. The summed E-state index contributed by atoms with van der Waals surface area (Å²) in [4.78, 5) is 14.6. The largest absolute Gasteiger partial charge is 0.486 e. The van der Waals surface area contributed by atoms with Crippen molar-refractivity contribution in [1.82, 2.24) is 4.98 Å². The van der Waals surface area contributed by atoms with Gasteiger partial charge in [-0.1, -0.05) is 41.9 Å². The highest BCUT2D eigenvalue weighted by atomic mass is 35.5. The van der Waals surface area contributed by atoms with Crippen molar-refractivity contribution < 1.29 is 14.6 Å². The first-order valence-corrected chi connectivity index (χ1v) is 5.60. The Morgan fingerprint density at radius 3 is 2.72 bits per heavy atom. The summed E-state index contributed by atoms with van der Waals surface area (Å²) in [7, 11) is 0. The number of benzene rings is 1. The summed E-state index contributed by atoms with van der Waals surface area (Å²) in [5.74, 6) is -0.802. The van der Waals surface area contributed by atoms with Crippen LogP contribution in [0, 0.1) is 0 Å². The van der Waals surface area contributed by atoms with E-state index < -0.39 is 5.97 Å². The maximum absolute atomic E-state index is 10.8. The van der Waals surface area contributed by atoms with Crippen LogP contribution in [0.3, 0.4) is 0 Å². The van der Waals surface area contributed by atoms with Gasteiger partial charge in [-0.25, -0.2) is 9.78 Å². The van der Waals surface area contributed by atoms with Crippen LogP contribution >= 0.6 is 11.6 Å². The molecule has 0 atom stereocenters. The van der Waals surface area contributed by atoms with E-state index in [0.29, 0.717) is 6.61 Å². The minimum absolute atomic E-state index is 0.0439. The standard InChI is InChI=1S/C13H10ClNO3/c14-12-11(6-10(7-15-12)13(16)17)18-8-9-4-2-1-3-5-9/h1-7H,8H2,(H,16,17). The summed E-state index contributed by atoms with van der Waals surface area (Å²) in [5, 5.41) is 9.00. The maximum atomic E-state index is 10.8. The molecule has 2 rings (SSSR count). The molecule has 0 spiro atoms. The van der Waals surface area contributed by atoms with Crippen molar-refractivity contribution in [3.63, 3.8) is 0 Å². The second-order valence-corrected chi connectivity index (χ2v) is 3.95. The predicted octanol–water partition coefficient (Wildman–Crippen LogP) is 3.01. The van der Waals surface area contributed by atoms with Crippen LogP contribution in [0.15, 0.2) is 42.6 Å². The Kier molecular flexibility index (Phi) is 3.79. The number of hydrogen-bond donors (Lipinski definition) is 1. The van der Waals surface area contributed by atoms with E-state index in [4.69, 9.17) is 21.4 Å². The Morgan fingerprint density at radius 2 is 2.06 bits per heavy atom. The van der Waals surface area contributed by atoms with Gasteiger partial charge in [-0.15, -0.1) is 0 Å². The lowest BCUT2D eigenvalue weighted by atomic mass is 10.2. The van der Waals surface area contributed by atoms with E-state index in [0.717, 1.165) is 5.56 Å². The molecule has 0 aliphatic rings. The van der Waals surface area contributed by atoms with Crippen LogP contribution in [0.5, 0.6) is 5.75 Å². The third-order valence-electron chi connectivity index (χ3n) is 2.29. The number of hydrogen-bond acceptors (Lipinski definition) is 3. The molecular weight excluding hydrogens is 254 g/mol. The highest BCUT2D eigenvalue weighted by Gasteiger charge is 2.09. The molecule has 4 nitrogen and oxygen atoms in total. The van der Waals surface area contributed by atoms with Gasteiger partial charge in [-0.05, 0) is 11.6 Å². The van der Waals surface area contributed by atoms with Crippen LogP contribution in [0.4, 0.5) is 0 Å². The van der Waals surface area contributed by atoms with Gasteiger partial charge in [0, 0.05) is 6.20 Å². The van der Waals surface area contributed by atoms with Gasteiger partial charge in [0.15, 0.2) is 10.9 Å². The van der Waals surface area contributed by atoms with Gasteiger partial charge in [0.2, 0.25) is 0 Å². The molecule has 1 N–H and O–H groups in total. The third kappa shape index (κ3) is 2.99. The van der Waals surface area contributed by atoms with Crippen molar-refractivity contribution >= 4 is 17.6 Å². The lowest BCUT2D eigenvalue weighted by Crippen LogP contribution is -2.01. The molecule has 0 saturated carbocycles. The smallest absolute Gasteiger partial charge is 0.337 e. The molecule has 18 heavy (non-hydrogen) atoms. The summed E-state index contributed by atoms with van der Waals surface area (Å²) >= 11 is 5.84. The summed E-state index contributed by atoms with van der Waals surface area (Å²) in [6.07, 6.45) is 1.19. The molecule has 0 aliphatic carbocycles. The Hall–Kier alpha value is -2.07. The molecule has 1 heterocycles. The van der Waals surface area contributed by atoms with Crippen molar-refractivity contribution in [3.8, 4) is 5.75 Å². The molecule has 5 heteroatoms. The Bertz CT molecular complexity index is 557. The van der Waals surface area contributed by atoms with Crippen LogP contribution < -0.4 is 4.74 Å². The number of rotatable bonds is 4. The fraction of sp³-hybridized carbons (Fsp3) is 0.0769. The molecule has 0 bridgehead atoms. The summed E-state index contributed by atoms with van der Waals surface area (Å²) < 4.78 is 5.46. The van der Waals surface area contributed by atoms with Gasteiger partial charge in [-0.3, -0.25) is 0 Å². The van der Waals surface area contributed by atoms with E-state index in [2.05, 4.69) is 4.98 Å². The predicted molar refractivity (Wildman–Crippen MR) is 67.0 cm³/mol. The van der Waals surface area contributed by atoms with E-state index in [1.165, 1.54) is 12.3 Å². The lowest BCUT2D eigenvalue weighted by Gasteiger charge is -2.08. The van der Waals surface area contributed by atoms with Gasteiger partial charge < -0.3 is 9.84 Å². The Balaban J connectivity index is 2.14. The molecular formula is C13H10ClNO3. The number of carbonyl (C=O) groups is 1. The fourth-order valence-electron chi connectivity index (χ4n) is 1.38. The maximum Gasteiger partial charge on any atom is 0.337 e. The average Bonchev–Trinajstić information content (AvgIpc) is 2.38. The van der Waals surface area contributed by atoms with Crippen molar-refractivity contribution in [2.24, 2.45) is 0 Å². The first-order valence-electron chi connectivity index (χ1n) is 5.22. The number of carboxylic acid groups (broad SMARTS) is 1. The zero-order chi connectivity index (χ0) is 13.0. The van der Waals surface area contributed by atoms with Crippen molar-refractivity contribution in [1.29, 1.82) is 0 Å². The Labute approximate surface area is 109 Å². The van der Waals surface area contributed by atoms with Crippen LogP contribution in [-0.2, 0) is 6.61 Å². The number of aromatic nitrogens is 1. The summed E-state index contributed by atoms with van der Waals surface area (Å²) in [6, 6.07) is 10.9. The molecule has 0 unspecified atom stereocenters.